The molecule has 4 atom stereocenters. The standard InChI is InChI=1S/C13H27NO2/c1-7-16-11-8-10(12(11)15-6)14-9(2)13(3,4)5/h9-12,14H,7-8H2,1-6H3. The molecule has 0 saturated heterocycles. The van der Waals surface area contributed by atoms with Crippen LogP contribution in [-0.4, -0.2) is 38.0 Å². The van der Waals surface area contributed by atoms with Crippen molar-refractivity contribution >= 4 is 0 Å². The molecule has 1 rings (SSSR count). The fourth-order valence-corrected chi connectivity index (χ4v) is 2.01. The van der Waals surface area contributed by atoms with E-state index in [0.717, 1.165) is 13.0 Å². The van der Waals surface area contributed by atoms with Crippen molar-refractivity contribution in [3.8, 4) is 0 Å². The number of hydrogen-bond acceptors (Lipinski definition) is 3. The van der Waals surface area contributed by atoms with E-state index in [0.29, 0.717) is 12.1 Å². The SMILES string of the molecule is CCOC1CC(NC(C)C(C)(C)C)C1OC. The summed E-state index contributed by atoms with van der Waals surface area (Å²) in [6, 6.07) is 0.925. The lowest BCUT2D eigenvalue weighted by atomic mass is 9.81. The Hall–Kier alpha value is -0.120. The molecule has 0 amide bonds. The van der Waals surface area contributed by atoms with E-state index in [1.165, 1.54) is 0 Å². The molecule has 1 N–H and O–H groups in total. The second-order valence-corrected chi connectivity index (χ2v) is 5.79. The largest absolute Gasteiger partial charge is 0.377 e. The highest BCUT2D eigenvalue weighted by atomic mass is 16.5. The summed E-state index contributed by atoms with van der Waals surface area (Å²) >= 11 is 0. The first-order valence-corrected chi connectivity index (χ1v) is 6.30. The summed E-state index contributed by atoms with van der Waals surface area (Å²) in [4.78, 5) is 0. The zero-order chi connectivity index (χ0) is 12.3. The van der Waals surface area contributed by atoms with Crippen molar-refractivity contribution in [2.75, 3.05) is 13.7 Å². The van der Waals surface area contributed by atoms with E-state index in [1.807, 2.05) is 6.92 Å². The van der Waals surface area contributed by atoms with Crippen molar-refractivity contribution in [1.29, 1.82) is 0 Å². The fourth-order valence-electron chi connectivity index (χ4n) is 2.01. The molecule has 96 valence electrons. The smallest absolute Gasteiger partial charge is 0.0986 e. The maximum atomic E-state index is 5.61. The van der Waals surface area contributed by atoms with Crippen molar-refractivity contribution < 1.29 is 9.47 Å². The van der Waals surface area contributed by atoms with E-state index in [9.17, 15) is 0 Å². The summed E-state index contributed by atoms with van der Waals surface area (Å²) < 4.78 is 11.1. The summed E-state index contributed by atoms with van der Waals surface area (Å²) in [5.41, 5.74) is 0.287. The number of rotatable bonds is 5. The molecule has 0 aromatic carbocycles. The van der Waals surface area contributed by atoms with Crippen LogP contribution in [0, 0.1) is 5.41 Å². The fraction of sp³-hybridized carbons (Fsp3) is 1.00. The second kappa shape index (κ2) is 5.48. The first-order valence-electron chi connectivity index (χ1n) is 6.30. The Bertz CT molecular complexity index is 212. The van der Waals surface area contributed by atoms with Crippen LogP contribution >= 0.6 is 0 Å². The minimum Gasteiger partial charge on any atom is -0.377 e. The van der Waals surface area contributed by atoms with Crippen LogP contribution in [0.25, 0.3) is 0 Å². The highest BCUT2D eigenvalue weighted by molar-refractivity contribution is 4.99. The molecule has 0 aromatic heterocycles. The van der Waals surface area contributed by atoms with Crippen LogP contribution in [0.3, 0.4) is 0 Å². The molecule has 3 heteroatoms. The third-order valence-electron chi connectivity index (χ3n) is 3.67. The minimum atomic E-state index is 0.213. The van der Waals surface area contributed by atoms with Gasteiger partial charge in [0.2, 0.25) is 0 Å². The third-order valence-corrected chi connectivity index (χ3v) is 3.67. The third kappa shape index (κ3) is 3.19. The molecule has 0 aliphatic heterocycles. The molecular formula is C13H27NO2. The number of ether oxygens (including phenoxy) is 2. The van der Waals surface area contributed by atoms with Crippen LogP contribution in [0.4, 0.5) is 0 Å². The lowest BCUT2D eigenvalue weighted by Crippen LogP contribution is -2.62. The number of nitrogens with one attached hydrogen (secondary N) is 1. The van der Waals surface area contributed by atoms with Gasteiger partial charge in [0, 0.05) is 25.8 Å². The molecule has 1 fully saturated rings. The van der Waals surface area contributed by atoms with Gasteiger partial charge in [0.1, 0.15) is 0 Å². The van der Waals surface area contributed by atoms with Gasteiger partial charge in [-0.1, -0.05) is 20.8 Å². The zero-order valence-electron chi connectivity index (χ0n) is 11.5. The topological polar surface area (TPSA) is 30.5 Å². The first-order chi connectivity index (χ1) is 7.40. The average molecular weight is 229 g/mol. The lowest BCUT2D eigenvalue weighted by molar-refractivity contribution is -0.134. The van der Waals surface area contributed by atoms with Gasteiger partial charge in [-0.05, 0) is 25.7 Å². The van der Waals surface area contributed by atoms with E-state index < -0.39 is 0 Å². The van der Waals surface area contributed by atoms with E-state index in [4.69, 9.17) is 9.47 Å². The molecule has 0 bridgehead atoms. The Kier molecular flexibility index (Phi) is 4.77. The van der Waals surface area contributed by atoms with Gasteiger partial charge in [0.15, 0.2) is 0 Å². The molecule has 1 aliphatic carbocycles. The Morgan fingerprint density at radius 1 is 1.38 bits per heavy atom. The second-order valence-electron chi connectivity index (χ2n) is 5.79. The van der Waals surface area contributed by atoms with Crippen molar-refractivity contribution in [3.05, 3.63) is 0 Å². The Balaban J connectivity index is 2.40. The van der Waals surface area contributed by atoms with Gasteiger partial charge in [-0.3, -0.25) is 0 Å². The lowest BCUT2D eigenvalue weighted by Gasteiger charge is -2.46. The maximum absolute atomic E-state index is 5.61. The van der Waals surface area contributed by atoms with Gasteiger partial charge in [-0.25, -0.2) is 0 Å². The van der Waals surface area contributed by atoms with Gasteiger partial charge in [-0.2, -0.15) is 0 Å². The van der Waals surface area contributed by atoms with Gasteiger partial charge >= 0.3 is 0 Å². The first kappa shape index (κ1) is 13.9. The monoisotopic (exact) mass is 229 g/mol. The summed E-state index contributed by atoms with van der Waals surface area (Å²) in [5, 5.41) is 3.64. The van der Waals surface area contributed by atoms with Gasteiger partial charge in [0.25, 0.3) is 0 Å². The molecule has 4 unspecified atom stereocenters. The number of hydrogen-bond donors (Lipinski definition) is 1. The molecular weight excluding hydrogens is 202 g/mol. The summed E-state index contributed by atoms with van der Waals surface area (Å²) in [6.07, 6.45) is 1.55. The summed E-state index contributed by atoms with van der Waals surface area (Å²) in [7, 11) is 1.77. The van der Waals surface area contributed by atoms with Gasteiger partial charge < -0.3 is 14.8 Å². The van der Waals surface area contributed by atoms with E-state index >= 15 is 0 Å². The van der Waals surface area contributed by atoms with Gasteiger partial charge in [-0.15, -0.1) is 0 Å². The molecule has 1 aliphatic rings. The van der Waals surface area contributed by atoms with Crippen LogP contribution < -0.4 is 5.32 Å². The highest BCUT2D eigenvalue weighted by Gasteiger charge is 2.43. The highest BCUT2D eigenvalue weighted by Crippen LogP contribution is 2.29. The molecule has 3 nitrogen and oxygen atoms in total. The maximum Gasteiger partial charge on any atom is 0.0986 e. The Morgan fingerprint density at radius 3 is 2.44 bits per heavy atom. The molecule has 0 radical (unpaired) electrons. The van der Waals surface area contributed by atoms with Crippen molar-refractivity contribution in [2.24, 2.45) is 5.41 Å². The van der Waals surface area contributed by atoms with Crippen LogP contribution in [0.2, 0.25) is 0 Å². The quantitative estimate of drug-likeness (QED) is 0.784. The van der Waals surface area contributed by atoms with Crippen LogP contribution in [0.1, 0.15) is 41.0 Å². The molecule has 16 heavy (non-hydrogen) atoms. The van der Waals surface area contributed by atoms with E-state index in [1.54, 1.807) is 7.11 Å². The predicted molar refractivity (Wildman–Crippen MR) is 66.7 cm³/mol. The average Bonchev–Trinajstić information content (AvgIpc) is 2.14. The van der Waals surface area contributed by atoms with Crippen LogP contribution in [0.15, 0.2) is 0 Å². The van der Waals surface area contributed by atoms with Crippen molar-refractivity contribution in [2.45, 2.75) is 65.3 Å². The molecule has 0 aromatic rings. The van der Waals surface area contributed by atoms with Gasteiger partial charge in [0.05, 0.1) is 12.2 Å². The number of methoxy groups -OCH3 is 1. The van der Waals surface area contributed by atoms with E-state index in [-0.39, 0.29) is 17.6 Å². The normalized spacial score (nSPS) is 32.2. The Morgan fingerprint density at radius 2 is 2.00 bits per heavy atom. The van der Waals surface area contributed by atoms with E-state index in [2.05, 4.69) is 33.0 Å². The van der Waals surface area contributed by atoms with Crippen LogP contribution in [-0.2, 0) is 9.47 Å². The predicted octanol–water partition coefficient (Wildman–Crippen LogP) is 2.20. The summed E-state index contributed by atoms with van der Waals surface area (Å²) in [5.74, 6) is 0. The zero-order valence-corrected chi connectivity index (χ0v) is 11.5. The summed E-state index contributed by atoms with van der Waals surface area (Å²) in [6.45, 7) is 11.8. The Labute approximate surface area is 99.9 Å². The van der Waals surface area contributed by atoms with Crippen molar-refractivity contribution in [1.82, 2.24) is 5.32 Å². The van der Waals surface area contributed by atoms with Crippen molar-refractivity contribution in [3.63, 3.8) is 0 Å². The molecule has 0 heterocycles. The minimum absolute atomic E-state index is 0.213. The molecule has 1 saturated carbocycles. The molecule has 0 spiro atoms. The van der Waals surface area contributed by atoms with Crippen LogP contribution in [0.5, 0.6) is 0 Å².